The van der Waals surface area contributed by atoms with Crippen LogP contribution in [0.15, 0.2) is 48.5 Å². The molecule has 3 aromatic rings. The predicted molar refractivity (Wildman–Crippen MR) is 136 cm³/mol. The van der Waals surface area contributed by atoms with E-state index in [-0.39, 0.29) is 5.91 Å². The third kappa shape index (κ3) is 8.97. The molecule has 1 amide bonds. The van der Waals surface area contributed by atoms with Crippen LogP contribution in [0, 0.1) is 0 Å². The summed E-state index contributed by atoms with van der Waals surface area (Å²) in [5.74, 6) is -0.654. The molecule has 3 rings (SSSR count). The van der Waals surface area contributed by atoms with Crippen LogP contribution in [0.5, 0.6) is 0 Å². The van der Waals surface area contributed by atoms with Crippen LogP contribution in [0.1, 0.15) is 69.2 Å². The van der Waals surface area contributed by atoms with Crippen LogP contribution >= 0.6 is 11.3 Å². The van der Waals surface area contributed by atoms with E-state index in [2.05, 4.69) is 34.6 Å². The number of nitrogens with one attached hydrogen (secondary N) is 1. The molecule has 0 radical (unpaired) electrons. The van der Waals surface area contributed by atoms with Crippen molar-refractivity contribution in [1.82, 2.24) is 10.3 Å². The highest BCUT2D eigenvalue weighted by Crippen LogP contribution is 2.28. The number of unbranched alkanes of at least 4 members (excludes halogenated alkanes) is 8. The van der Waals surface area contributed by atoms with Crippen LogP contribution in [0.25, 0.3) is 21.3 Å². The first-order chi connectivity index (χ1) is 16.1. The van der Waals surface area contributed by atoms with E-state index in [1.165, 1.54) is 36.8 Å². The predicted octanol–water partition coefficient (Wildman–Crippen LogP) is 6.61. The summed E-state index contributed by atoms with van der Waals surface area (Å²) in [4.78, 5) is 27.4. The SMILES string of the molecule is O=C(O)CCCCCCCCCCCNC(=O)Cc1nc2ccc(-c3ccccc3)cc2s1. The van der Waals surface area contributed by atoms with Crippen LogP contribution in [-0.4, -0.2) is 28.5 Å². The molecule has 0 aliphatic heterocycles. The lowest BCUT2D eigenvalue weighted by molar-refractivity contribution is -0.137. The number of carboxylic acids is 1. The Morgan fingerprint density at radius 2 is 1.48 bits per heavy atom. The van der Waals surface area contributed by atoms with Crippen LogP contribution in [0.3, 0.4) is 0 Å². The summed E-state index contributed by atoms with van der Waals surface area (Å²) in [6, 6.07) is 16.6. The number of hydrogen-bond donors (Lipinski definition) is 2. The molecule has 0 saturated heterocycles. The maximum Gasteiger partial charge on any atom is 0.303 e. The van der Waals surface area contributed by atoms with Gasteiger partial charge in [0.1, 0.15) is 5.01 Å². The second kappa shape index (κ2) is 13.7. The Hall–Kier alpha value is -2.73. The number of thiazole rings is 1. The molecule has 5 nitrogen and oxygen atoms in total. The van der Waals surface area contributed by atoms with E-state index in [1.54, 1.807) is 11.3 Å². The number of amides is 1. The first-order valence-corrected chi connectivity index (χ1v) is 12.9. The van der Waals surface area contributed by atoms with Gasteiger partial charge in [-0.25, -0.2) is 4.98 Å². The number of carbonyl (C=O) groups is 2. The van der Waals surface area contributed by atoms with Gasteiger partial charge in [-0.3, -0.25) is 9.59 Å². The summed E-state index contributed by atoms with van der Waals surface area (Å²) in [5, 5.41) is 12.5. The molecule has 0 fully saturated rings. The summed E-state index contributed by atoms with van der Waals surface area (Å²) in [6.45, 7) is 0.719. The van der Waals surface area contributed by atoms with Gasteiger partial charge < -0.3 is 10.4 Å². The Labute approximate surface area is 200 Å². The number of nitrogens with zero attached hydrogens (tertiary/aromatic N) is 1. The van der Waals surface area contributed by atoms with E-state index in [9.17, 15) is 9.59 Å². The zero-order valence-electron chi connectivity index (χ0n) is 19.2. The van der Waals surface area contributed by atoms with Gasteiger partial charge in [0, 0.05) is 13.0 Å². The Balaban J connectivity index is 1.28. The maximum absolute atomic E-state index is 12.3. The molecule has 0 spiro atoms. The van der Waals surface area contributed by atoms with E-state index in [0.717, 1.165) is 53.9 Å². The minimum Gasteiger partial charge on any atom is -0.481 e. The van der Waals surface area contributed by atoms with E-state index >= 15 is 0 Å². The summed E-state index contributed by atoms with van der Waals surface area (Å²) in [6.07, 6.45) is 10.5. The van der Waals surface area contributed by atoms with Gasteiger partial charge in [0.05, 0.1) is 16.6 Å². The molecular weight excluding hydrogens is 432 g/mol. The molecule has 0 aliphatic rings. The van der Waals surface area contributed by atoms with E-state index in [0.29, 0.717) is 12.8 Å². The minimum atomic E-state index is -0.695. The Morgan fingerprint density at radius 3 is 2.18 bits per heavy atom. The van der Waals surface area contributed by atoms with Gasteiger partial charge >= 0.3 is 5.97 Å². The zero-order valence-corrected chi connectivity index (χ0v) is 20.0. The molecule has 6 heteroatoms. The minimum absolute atomic E-state index is 0.0405. The van der Waals surface area contributed by atoms with Gasteiger partial charge in [0.15, 0.2) is 0 Å². The van der Waals surface area contributed by atoms with Crippen LogP contribution in [0.4, 0.5) is 0 Å². The number of carboxylic acid groups (broad SMARTS) is 1. The number of benzene rings is 2. The fourth-order valence-corrected chi connectivity index (χ4v) is 4.93. The Morgan fingerprint density at radius 1 is 0.818 bits per heavy atom. The molecule has 2 aromatic carbocycles. The quantitative estimate of drug-likeness (QED) is 0.247. The highest BCUT2D eigenvalue weighted by atomic mass is 32.1. The number of carbonyl (C=O) groups excluding carboxylic acids is 1. The topological polar surface area (TPSA) is 79.3 Å². The summed E-state index contributed by atoms with van der Waals surface area (Å²) in [5.41, 5.74) is 3.30. The van der Waals surface area contributed by atoms with Gasteiger partial charge in [-0.05, 0) is 36.1 Å². The lowest BCUT2D eigenvalue weighted by atomic mass is 10.1. The fraction of sp³-hybridized carbons (Fsp3) is 0.444. The van der Waals surface area contributed by atoms with Crippen LogP contribution in [0.2, 0.25) is 0 Å². The van der Waals surface area contributed by atoms with Gasteiger partial charge in [-0.2, -0.15) is 0 Å². The number of rotatable bonds is 15. The summed E-state index contributed by atoms with van der Waals surface area (Å²) in [7, 11) is 0. The van der Waals surface area contributed by atoms with Crippen molar-refractivity contribution in [3.8, 4) is 11.1 Å². The molecule has 176 valence electrons. The zero-order chi connectivity index (χ0) is 23.3. The second-order valence-corrected chi connectivity index (χ2v) is 9.62. The lowest BCUT2D eigenvalue weighted by Crippen LogP contribution is -2.26. The van der Waals surface area contributed by atoms with Crippen molar-refractivity contribution < 1.29 is 14.7 Å². The van der Waals surface area contributed by atoms with E-state index in [4.69, 9.17) is 5.11 Å². The third-order valence-corrected chi connectivity index (χ3v) is 6.76. The molecule has 0 saturated carbocycles. The fourth-order valence-electron chi connectivity index (χ4n) is 3.92. The normalized spacial score (nSPS) is 11.0. The Kier molecular flexibility index (Phi) is 10.4. The summed E-state index contributed by atoms with van der Waals surface area (Å²) >= 11 is 1.59. The first-order valence-electron chi connectivity index (χ1n) is 12.1. The molecule has 2 N–H and O–H groups in total. The van der Waals surface area contributed by atoms with Gasteiger partial charge in [0.2, 0.25) is 5.91 Å². The van der Waals surface area contributed by atoms with Gasteiger partial charge in [-0.1, -0.05) is 81.3 Å². The van der Waals surface area contributed by atoms with Gasteiger partial charge in [-0.15, -0.1) is 11.3 Å². The van der Waals surface area contributed by atoms with Crippen molar-refractivity contribution in [2.24, 2.45) is 0 Å². The largest absolute Gasteiger partial charge is 0.481 e. The molecular formula is C27H34N2O3S. The molecule has 0 unspecified atom stereocenters. The molecule has 1 aromatic heterocycles. The first kappa shape index (κ1) is 24.9. The third-order valence-electron chi connectivity index (χ3n) is 5.74. The van der Waals surface area contributed by atoms with Crippen LogP contribution in [-0.2, 0) is 16.0 Å². The van der Waals surface area contributed by atoms with Crippen molar-refractivity contribution in [1.29, 1.82) is 0 Å². The maximum atomic E-state index is 12.3. The molecule has 0 atom stereocenters. The number of aliphatic carboxylic acids is 1. The Bertz CT molecular complexity index is 1020. The molecule has 0 bridgehead atoms. The van der Waals surface area contributed by atoms with Crippen molar-refractivity contribution in [3.05, 3.63) is 53.5 Å². The van der Waals surface area contributed by atoms with Crippen molar-refractivity contribution >= 4 is 33.4 Å². The van der Waals surface area contributed by atoms with E-state index < -0.39 is 5.97 Å². The van der Waals surface area contributed by atoms with Gasteiger partial charge in [0.25, 0.3) is 0 Å². The van der Waals surface area contributed by atoms with Crippen LogP contribution < -0.4 is 5.32 Å². The average molecular weight is 467 g/mol. The van der Waals surface area contributed by atoms with E-state index in [1.807, 2.05) is 24.3 Å². The highest BCUT2D eigenvalue weighted by molar-refractivity contribution is 7.18. The molecule has 33 heavy (non-hydrogen) atoms. The van der Waals surface area contributed by atoms with Crippen molar-refractivity contribution in [2.45, 2.75) is 70.6 Å². The number of fused-ring (bicyclic) bond motifs is 1. The number of aromatic nitrogens is 1. The van der Waals surface area contributed by atoms with Crippen molar-refractivity contribution in [2.75, 3.05) is 6.54 Å². The summed E-state index contributed by atoms with van der Waals surface area (Å²) < 4.78 is 1.11. The van der Waals surface area contributed by atoms with Crippen molar-refractivity contribution in [3.63, 3.8) is 0 Å². The lowest BCUT2D eigenvalue weighted by Gasteiger charge is -2.04. The average Bonchev–Trinajstić information content (AvgIpc) is 3.21. The molecule has 0 aliphatic carbocycles. The monoisotopic (exact) mass is 466 g/mol. The molecule has 1 heterocycles. The highest BCUT2D eigenvalue weighted by Gasteiger charge is 2.10. The number of hydrogen-bond acceptors (Lipinski definition) is 4. The second-order valence-electron chi connectivity index (χ2n) is 8.51. The standard InChI is InChI=1S/C27H34N2O3S/c30-25(28-18-12-7-5-3-1-2-4-6-11-15-27(31)32)20-26-29-23-17-16-22(19-24(23)33-26)21-13-9-8-10-14-21/h8-10,13-14,16-17,19H,1-7,11-12,15,18,20H2,(H,28,30)(H,31,32). The smallest absolute Gasteiger partial charge is 0.303 e.